The summed E-state index contributed by atoms with van der Waals surface area (Å²) in [6, 6.07) is 14.6. The summed E-state index contributed by atoms with van der Waals surface area (Å²) < 4.78 is 0. The van der Waals surface area contributed by atoms with Crippen LogP contribution in [0, 0.1) is 5.41 Å². The summed E-state index contributed by atoms with van der Waals surface area (Å²) in [5.41, 5.74) is 8.84. The number of nitrogen functional groups attached to an aromatic ring is 1. The average molecular weight is 552 g/mol. The zero-order chi connectivity index (χ0) is 27.9. The van der Waals surface area contributed by atoms with Crippen LogP contribution < -0.4 is 16.0 Å². The number of carbonyl (C=O) groups is 2. The van der Waals surface area contributed by atoms with Gasteiger partial charge >= 0.3 is 5.97 Å². The number of nitrogens with zero attached hydrogens (tertiary/aromatic N) is 2. The van der Waals surface area contributed by atoms with E-state index in [1.807, 2.05) is 41.3 Å². The second-order valence-electron chi connectivity index (χ2n) is 10.7. The standard InChI is InChI=1S/C30H41N5O3S/c1-20-8-6-9-21(2)34(20)16-4-3-5-17-35-25-19-24(33-15-14-27(36)37)12-13-26(25)39-28(30(35)38)22-10-7-11-23(18-22)29(31)32/h7,10-13,18-21,28,33H,3-6,8-9,14-17H2,1-2H3,(H3,31,32)(H,36,37)/t20-,21+,28?. The highest BCUT2D eigenvalue weighted by Gasteiger charge is 2.35. The van der Waals surface area contributed by atoms with Crippen LogP contribution in [0.25, 0.3) is 0 Å². The van der Waals surface area contributed by atoms with Crippen molar-refractivity contribution < 1.29 is 14.7 Å². The number of hydrogen-bond donors (Lipinski definition) is 4. The van der Waals surface area contributed by atoms with Crippen molar-refractivity contribution in [2.75, 3.05) is 29.9 Å². The predicted octanol–water partition coefficient (Wildman–Crippen LogP) is 5.47. The number of amidine groups is 1. The maximum Gasteiger partial charge on any atom is 0.305 e. The first kappa shape index (κ1) is 29.0. The molecule has 1 amide bonds. The fourth-order valence-corrected chi connectivity index (χ4v) is 6.86. The molecule has 210 valence electrons. The number of nitrogens with one attached hydrogen (secondary N) is 2. The Hall–Kier alpha value is -3.04. The Morgan fingerprint density at radius 2 is 1.85 bits per heavy atom. The number of fused-ring (bicyclic) bond motifs is 1. The van der Waals surface area contributed by atoms with Crippen LogP contribution in [-0.4, -0.2) is 59.4 Å². The van der Waals surface area contributed by atoms with Crippen LogP contribution in [0.5, 0.6) is 0 Å². The Morgan fingerprint density at radius 1 is 1.10 bits per heavy atom. The van der Waals surface area contributed by atoms with E-state index >= 15 is 0 Å². The molecule has 0 aliphatic carbocycles. The SMILES string of the molecule is C[C@@H]1CCC[C@H](C)N1CCCCCN1C(=O)C(c2cccc(C(=N)N)c2)Sc2ccc(NCCC(=O)O)cc21. The number of aliphatic carboxylic acids is 1. The Bertz CT molecular complexity index is 1180. The molecule has 0 aromatic heterocycles. The predicted molar refractivity (Wildman–Crippen MR) is 159 cm³/mol. The van der Waals surface area contributed by atoms with Gasteiger partial charge in [0.2, 0.25) is 5.91 Å². The van der Waals surface area contributed by atoms with Crippen LogP contribution in [0.1, 0.15) is 75.2 Å². The molecule has 39 heavy (non-hydrogen) atoms. The number of nitrogens with two attached hydrogens (primary N) is 1. The lowest BCUT2D eigenvalue weighted by molar-refractivity contribution is -0.136. The lowest BCUT2D eigenvalue weighted by Gasteiger charge is -2.39. The van der Waals surface area contributed by atoms with Crippen molar-refractivity contribution in [3.8, 4) is 0 Å². The lowest BCUT2D eigenvalue weighted by atomic mass is 9.97. The van der Waals surface area contributed by atoms with E-state index in [2.05, 4.69) is 24.1 Å². The number of amides is 1. The minimum atomic E-state index is -0.850. The molecule has 2 aromatic rings. The van der Waals surface area contributed by atoms with E-state index in [0.717, 1.165) is 47.6 Å². The molecule has 0 spiro atoms. The smallest absolute Gasteiger partial charge is 0.305 e. The van der Waals surface area contributed by atoms with Crippen molar-refractivity contribution >= 4 is 40.8 Å². The molecule has 1 fully saturated rings. The number of piperidine rings is 1. The highest BCUT2D eigenvalue weighted by molar-refractivity contribution is 8.00. The van der Waals surface area contributed by atoms with Crippen LogP contribution in [0.2, 0.25) is 0 Å². The van der Waals surface area contributed by atoms with E-state index in [0.29, 0.717) is 30.7 Å². The van der Waals surface area contributed by atoms with Gasteiger partial charge in [-0.15, -0.1) is 11.8 Å². The van der Waals surface area contributed by atoms with Gasteiger partial charge in [-0.25, -0.2) is 0 Å². The Morgan fingerprint density at radius 3 is 2.56 bits per heavy atom. The molecule has 3 atom stereocenters. The van der Waals surface area contributed by atoms with Crippen molar-refractivity contribution in [1.29, 1.82) is 5.41 Å². The maximum atomic E-state index is 13.9. The minimum Gasteiger partial charge on any atom is -0.481 e. The third-order valence-electron chi connectivity index (χ3n) is 7.83. The summed E-state index contributed by atoms with van der Waals surface area (Å²) in [5.74, 6) is -0.845. The number of carboxylic acids is 1. The van der Waals surface area contributed by atoms with Crippen LogP contribution >= 0.6 is 11.8 Å². The second kappa shape index (κ2) is 13.3. The van der Waals surface area contributed by atoms with Crippen LogP contribution in [0.3, 0.4) is 0 Å². The van der Waals surface area contributed by atoms with Gasteiger partial charge < -0.3 is 21.1 Å². The van der Waals surface area contributed by atoms with Crippen molar-refractivity contribution in [1.82, 2.24) is 4.90 Å². The molecule has 4 rings (SSSR count). The third-order valence-corrected chi connectivity index (χ3v) is 9.14. The highest BCUT2D eigenvalue weighted by Crippen LogP contribution is 2.47. The van der Waals surface area contributed by atoms with Crippen molar-refractivity contribution in [3.63, 3.8) is 0 Å². The molecule has 1 unspecified atom stereocenters. The second-order valence-corrected chi connectivity index (χ2v) is 11.9. The summed E-state index contributed by atoms with van der Waals surface area (Å²) in [7, 11) is 0. The van der Waals surface area contributed by atoms with Gasteiger partial charge in [0.25, 0.3) is 0 Å². The molecule has 0 radical (unpaired) electrons. The molecule has 9 heteroatoms. The number of carboxylic acid groups (broad SMARTS) is 1. The monoisotopic (exact) mass is 551 g/mol. The number of thioether (sulfide) groups is 1. The van der Waals surface area contributed by atoms with E-state index < -0.39 is 11.2 Å². The van der Waals surface area contributed by atoms with E-state index in [4.69, 9.17) is 16.2 Å². The first-order chi connectivity index (χ1) is 18.7. The normalized spacial score (nSPS) is 21.4. The fourth-order valence-electron chi connectivity index (χ4n) is 5.66. The topological polar surface area (TPSA) is 123 Å². The molecule has 2 heterocycles. The van der Waals surface area contributed by atoms with Gasteiger partial charge in [-0.3, -0.25) is 19.9 Å². The van der Waals surface area contributed by atoms with Gasteiger partial charge in [-0.2, -0.15) is 0 Å². The molecule has 2 aliphatic rings. The van der Waals surface area contributed by atoms with Crippen LogP contribution in [0.4, 0.5) is 11.4 Å². The van der Waals surface area contributed by atoms with Gasteiger partial charge in [0.15, 0.2) is 0 Å². The molecule has 8 nitrogen and oxygen atoms in total. The quantitative estimate of drug-likeness (QED) is 0.157. The van der Waals surface area contributed by atoms with Crippen LogP contribution in [-0.2, 0) is 9.59 Å². The van der Waals surface area contributed by atoms with E-state index in [-0.39, 0.29) is 18.2 Å². The molecular formula is C30H41N5O3S. The summed E-state index contributed by atoms with van der Waals surface area (Å²) in [6.07, 6.45) is 6.95. The van der Waals surface area contributed by atoms with Gasteiger partial charge in [0, 0.05) is 41.3 Å². The third kappa shape index (κ3) is 7.33. The number of anilines is 2. The Balaban J connectivity index is 1.49. The molecule has 2 aliphatic heterocycles. The van der Waals surface area contributed by atoms with Crippen molar-refractivity contribution in [3.05, 3.63) is 53.6 Å². The molecular weight excluding hydrogens is 510 g/mol. The van der Waals surface area contributed by atoms with E-state index in [9.17, 15) is 9.59 Å². The zero-order valence-corrected chi connectivity index (χ0v) is 23.8. The van der Waals surface area contributed by atoms with Crippen molar-refractivity contribution in [2.24, 2.45) is 5.73 Å². The van der Waals surface area contributed by atoms with Gasteiger partial charge in [0.05, 0.1) is 12.1 Å². The number of benzene rings is 2. The summed E-state index contributed by atoms with van der Waals surface area (Å²) in [4.78, 5) is 30.4. The van der Waals surface area contributed by atoms with Gasteiger partial charge in [-0.1, -0.05) is 31.0 Å². The Labute approximate surface area is 235 Å². The van der Waals surface area contributed by atoms with Crippen molar-refractivity contribution in [2.45, 2.75) is 81.0 Å². The first-order valence-corrected chi connectivity index (χ1v) is 14.9. The van der Waals surface area contributed by atoms with Gasteiger partial charge in [-0.05, 0) is 75.9 Å². The minimum absolute atomic E-state index is 0.0169. The number of rotatable bonds is 12. The Kier molecular flexibility index (Phi) is 9.91. The number of carbonyl (C=O) groups excluding carboxylic acids is 1. The molecule has 0 bridgehead atoms. The van der Waals surface area contributed by atoms with E-state index in [1.165, 1.54) is 31.0 Å². The summed E-state index contributed by atoms with van der Waals surface area (Å²) >= 11 is 1.51. The number of likely N-dealkylation sites (tertiary alicyclic amines) is 1. The molecule has 1 saturated heterocycles. The largest absolute Gasteiger partial charge is 0.481 e. The first-order valence-electron chi connectivity index (χ1n) is 14.0. The molecule has 0 saturated carbocycles. The molecule has 2 aromatic carbocycles. The highest BCUT2D eigenvalue weighted by atomic mass is 32.2. The van der Waals surface area contributed by atoms with E-state index in [1.54, 1.807) is 6.07 Å². The molecule has 5 N–H and O–H groups in total. The summed E-state index contributed by atoms with van der Waals surface area (Å²) in [6.45, 7) is 6.71. The average Bonchev–Trinajstić information content (AvgIpc) is 2.90. The zero-order valence-electron chi connectivity index (χ0n) is 23.0. The fraction of sp³-hybridized carbons (Fsp3) is 0.500. The summed E-state index contributed by atoms with van der Waals surface area (Å²) in [5, 5.41) is 19.6. The number of unbranched alkanes of at least 4 members (excludes halogenated alkanes) is 2. The van der Waals surface area contributed by atoms with Gasteiger partial charge in [0.1, 0.15) is 11.1 Å². The lowest BCUT2D eigenvalue weighted by Crippen LogP contribution is -2.44. The van der Waals surface area contributed by atoms with Crippen LogP contribution in [0.15, 0.2) is 47.4 Å². The maximum absolute atomic E-state index is 13.9. The number of hydrogen-bond acceptors (Lipinski definition) is 6.